The highest BCUT2D eigenvalue weighted by molar-refractivity contribution is 5.94. The van der Waals surface area contributed by atoms with Gasteiger partial charge in [0, 0.05) is 18.8 Å². The van der Waals surface area contributed by atoms with Gasteiger partial charge in [0.05, 0.1) is 17.7 Å². The smallest absolute Gasteiger partial charge is 0.241 e. The van der Waals surface area contributed by atoms with Crippen LogP contribution < -0.4 is 5.32 Å². The van der Waals surface area contributed by atoms with Crippen LogP contribution in [-0.4, -0.2) is 29.9 Å². The van der Waals surface area contributed by atoms with E-state index in [1.807, 2.05) is 6.92 Å². The van der Waals surface area contributed by atoms with E-state index in [4.69, 9.17) is 5.26 Å². The zero-order chi connectivity index (χ0) is 15.4. The Hall–Kier alpha value is -1.86. The molecule has 4 nitrogen and oxygen atoms in total. The van der Waals surface area contributed by atoms with Gasteiger partial charge in [0.25, 0.3) is 0 Å². The predicted molar refractivity (Wildman–Crippen MR) is 83.8 cm³/mol. The van der Waals surface area contributed by atoms with Crippen LogP contribution in [0, 0.1) is 23.2 Å². The Morgan fingerprint density at radius 1 is 1.29 bits per heavy atom. The summed E-state index contributed by atoms with van der Waals surface area (Å²) in [4.78, 5) is 14.6. The molecule has 4 heteroatoms. The first-order valence-electron chi connectivity index (χ1n) is 7.54. The summed E-state index contributed by atoms with van der Waals surface area (Å²) in [5.74, 6) is 1.29. The molecule has 1 fully saturated rings. The minimum absolute atomic E-state index is 0.0148. The lowest BCUT2D eigenvalue weighted by molar-refractivity contribution is -0.121. The maximum Gasteiger partial charge on any atom is 0.241 e. The molecule has 0 radical (unpaired) electrons. The molecule has 1 heterocycles. The number of hydrogen-bond donors (Lipinski definition) is 1. The van der Waals surface area contributed by atoms with Crippen LogP contribution >= 0.6 is 0 Å². The summed E-state index contributed by atoms with van der Waals surface area (Å²) < 4.78 is 0. The number of carbonyl (C=O) groups excluding carboxylic acids is 1. The molecule has 1 aliphatic heterocycles. The summed E-state index contributed by atoms with van der Waals surface area (Å²) in [5.41, 5.74) is 1.34. The quantitative estimate of drug-likeness (QED) is 0.929. The molecule has 0 bridgehead atoms. The summed E-state index contributed by atoms with van der Waals surface area (Å²) in [6, 6.07) is 8.90. The summed E-state index contributed by atoms with van der Waals surface area (Å²) in [6.45, 7) is 8.41. The van der Waals surface area contributed by atoms with Crippen molar-refractivity contribution in [2.24, 2.45) is 11.8 Å². The molecule has 0 unspecified atom stereocenters. The van der Waals surface area contributed by atoms with Crippen molar-refractivity contribution >= 4 is 11.6 Å². The monoisotopic (exact) mass is 285 g/mol. The highest BCUT2D eigenvalue weighted by Crippen LogP contribution is 2.23. The van der Waals surface area contributed by atoms with Gasteiger partial charge in [-0.1, -0.05) is 13.8 Å². The van der Waals surface area contributed by atoms with Crippen LogP contribution in [0.5, 0.6) is 0 Å². The second-order valence-electron chi connectivity index (χ2n) is 6.25. The molecule has 1 aromatic rings. The fourth-order valence-corrected chi connectivity index (χ4v) is 3.07. The standard InChI is InChI=1S/C17H23N3O/c1-12-8-13(2)11-20(10-12)14(3)17(21)19-16-6-4-15(9-18)5-7-16/h4-7,12-14H,8,10-11H2,1-3H3,(H,19,21)/t12-,13+,14-/m0/s1. The normalized spacial score (nSPS) is 24.1. The Bertz CT molecular complexity index is 522. The number of nitrogens with zero attached hydrogens (tertiary/aromatic N) is 2. The zero-order valence-electron chi connectivity index (χ0n) is 13.0. The van der Waals surface area contributed by atoms with Crippen molar-refractivity contribution in [2.45, 2.75) is 33.2 Å². The third-order valence-electron chi connectivity index (χ3n) is 4.11. The fourth-order valence-electron chi connectivity index (χ4n) is 3.07. The topological polar surface area (TPSA) is 56.1 Å². The average Bonchev–Trinajstić information content (AvgIpc) is 2.46. The lowest BCUT2D eigenvalue weighted by Gasteiger charge is -2.38. The summed E-state index contributed by atoms with van der Waals surface area (Å²) in [5, 5.41) is 11.7. The highest BCUT2D eigenvalue weighted by atomic mass is 16.2. The van der Waals surface area contributed by atoms with Crippen LogP contribution in [-0.2, 0) is 4.79 Å². The number of rotatable bonds is 3. The largest absolute Gasteiger partial charge is 0.325 e. The average molecular weight is 285 g/mol. The predicted octanol–water partition coefficient (Wildman–Crippen LogP) is 2.86. The van der Waals surface area contributed by atoms with E-state index < -0.39 is 0 Å². The third kappa shape index (κ3) is 4.05. The van der Waals surface area contributed by atoms with E-state index in [1.165, 1.54) is 6.42 Å². The summed E-state index contributed by atoms with van der Waals surface area (Å²) in [6.07, 6.45) is 1.24. The van der Waals surface area contributed by atoms with Crippen LogP contribution in [0.25, 0.3) is 0 Å². The third-order valence-corrected chi connectivity index (χ3v) is 4.11. The van der Waals surface area contributed by atoms with E-state index >= 15 is 0 Å². The van der Waals surface area contributed by atoms with Crippen LogP contribution in [0.3, 0.4) is 0 Å². The Kier molecular flexibility index (Phi) is 4.98. The van der Waals surface area contributed by atoms with E-state index in [0.29, 0.717) is 17.4 Å². The molecular weight excluding hydrogens is 262 g/mol. The van der Waals surface area contributed by atoms with Crippen molar-refractivity contribution in [3.63, 3.8) is 0 Å². The Morgan fingerprint density at radius 2 is 1.86 bits per heavy atom. The summed E-state index contributed by atoms with van der Waals surface area (Å²) >= 11 is 0. The van der Waals surface area contributed by atoms with Crippen LogP contribution in [0.2, 0.25) is 0 Å². The SMILES string of the molecule is C[C@@H]1C[C@H](C)CN([C@@H](C)C(=O)Nc2ccc(C#N)cc2)C1. The van der Waals surface area contributed by atoms with Crippen LogP contribution in [0.15, 0.2) is 24.3 Å². The molecule has 1 amide bonds. The van der Waals surface area contributed by atoms with E-state index in [1.54, 1.807) is 24.3 Å². The number of hydrogen-bond acceptors (Lipinski definition) is 3. The molecule has 0 aliphatic carbocycles. The molecule has 0 aromatic heterocycles. The lowest BCUT2D eigenvalue weighted by atomic mass is 9.91. The minimum atomic E-state index is -0.133. The number of likely N-dealkylation sites (tertiary alicyclic amines) is 1. The first kappa shape index (κ1) is 15.5. The van der Waals surface area contributed by atoms with E-state index in [0.717, 1.165) is 18.8 Å². The Labute approximate surface area is 126 Å². The second-order valence-corrected chi connectivity index (χ2v) is 6.25. The van der Waals surface area contributed by atoms with Gasteiger partial charge in [0.15, 0.2) is 0 Å². The molecule has 1 aliphatic rings. The van der Waals surface area contributed by atoms with E-state index in [-0.39, 0.29) is 11.9 Å². The van der Waals surface area contributed by atoms with Gasteiger partial charge in [-0.3, -0.25) is 9.69 Å². The van der Waals surface area contributed by atoms with Gasteiger partial charge >= 0.3 is 0 Å². The molecule has 2 rings (SSSR count). The maximum absolute atomic E-state index is 12.4. The molecule has 0 saturated carbocycles. The van der Waals surface area contributed by atoms with Crippen molar-refractivity contribution in [2.75, 3.05) is 18.4 Å². The minimum Gasteiger partial charge on any atom is -0.325 e. The zero-order valence-corrected chi connectivity index (χ0v) is 13.0. The number of amides is 1. The number of piperidine rings is 1. The molecule has 112 valence electrons. The number of carbonyl (C=O) groups is 1. The first-order valence-corrected chi connectivity index (χ1v) is 7.54. The van der Waals surface area contributed by atoms with Crippen molar-refractivity contribution in [1.82, 2.24) is 4.90 Å². The first-order chi connectivity index (χ1) is 9.99. The molecule has 1 saturated heterocycles. The van der Waals surface area contributed by atoms with Gasteiger partial charge in [-0.15, -0.1) is 0 Å². The van der Waals surface area contributed by atoms with E-state index in [9.17, 15) is 4.79 Å². The maximum atomic E-state index is 12.4. The van der Waals surface area contributed by atoms with Crippen molar-refractivity contribution < 1.29 is 4.79 Å². The van der Waals surface area contributed by atoms with Gasteiger partial charge in [0.1, 0.15) is 0 Å². The number of nitrogens with one attached hydrogen (secondary N) is 1. The van der Waals surface area contributed by atoms with Gasteiger partial charge < -0.3 is 5.32 Å². The lowest BCUT2D eigenvalue weighted by Crippen LogP contribution is -2.48. The van der Waals surface area contributed by atoms with E-state index in [2.05, 4.69) is 30.1 Å². The molecule has 3 atom stereocenters. The molecule has 1 N–H and O–H groups in total. The van der Waals surface area contributed by atoms with Crippen LogP contribution in [0.1, 0.15) is 32.8 Å². The Morgan fingerprint density at radius 3 is 2.38 bits per heavy atom. The molecular formula is C17H23N3O. The van der Waals surface area contributed by atoms with Crippen molar-refractivity contribution in [3.8, 4) is 6.07 Å². The van der Waals surface area contributed by atoms with Crippen molar-refractivity contribution in [1.29, 1.82) is 5.26 Å². The highest BCUT2D eigenvalue weighted by Gasteiger charge is 2.28. The van der Waals surface area contributed by atoms with Crippen LogP contribution in [0.4, 0.5) is 5.69 Å². The molecule has 21 heavy (non-hydrogen) atoms. The van der Waals surface area contributed by atoms with Gasteiger partial charge in [0.2, 0.25) is 5.91 Å². The Balaban J connectivity index is 1.97. The number of benzene rings is 1. The number of anilines is 1. The van der Waals surface area contributed by atoms with Crippen molar-refractivity contribution in [3.05, 3.63) is 29.8 Å². The molecule has 0 spiro atoms. The summed E-state index contributed by atoms with van der Waals surface area (Å²) in [7, 11) is 0. The van der Waals surface area contributed by atoms with Gasteiger partial charge in [-0.05, 0) is 49.4 Å². The van der Waals surface area contributed by atoms with Gasteiger partial charge in [-0.25, -0.2) is 0 Å². The molecule has 1 aromatic carbocycles. The fraction of sp³-hybridized carbons (Fsp3) is 0.529. The second kappa shape index (κ2) is 6.73. The van der Waals surface area contributed by atoms with Gasteiger partial charge in [-0.2, -0.15) is 5.26 Å². The number of nitriles is 1.